The van der Waals surface area contributed by atoms with Crippen molar-refractivity contribution in [1.29, 1.82) is 0 Å². The summed E-state index contributed by atoms with van der Waals surface area (Å²) in [4.78, 5) is 33.5. The van der Waals surface area contributed by atoms with E-state index >= 15 is 0 Å². The van der Waals surface area contributed by atoms with Crippen molar-refractivity contribution in [3.8, 4) is 0 Å². The summed E-state index contributed by atoms with van der Waals surface area (Å²) >= 11 is 1.49. The Hall–Kier alpha value is -1.95. The van der Waals surface area contributed by atoms with E-state index in [1.54, 1.807) is 6.92 Å². The van der Waals surface area contributed by atoms with Gasteiger partial charge in [-0.3, -0.25) is 9.59 Å². The molecule has 0 saturated carbocycles. The van der Waals surface area contributed by atoms with Crippen LogP contribution in [0.3, 0.4) is 0 Å². The molecule has 0 amide bonds. The smallest absolute Gasteiger partial charge is 0.309 e. The molecule has 1 aliphatic rings. The quantitative estimate of drug-likeness (QED) is 0.689. The zero-order valence-corrected chi connectivity index (χ0v) is 14.3. The Balaban J connectivity index is 1.83. The van der Waals surface area contributed by atoms with Gasteiger partial charge in [-0.25, -0.2) is 4.98 Å². The first-order valence-electron chi connectivity index (χ1n) is 7.82. The number of nitrogens with zero attached hydrogens (tertiary/aromatic N) is 1. The van der Waals surface area contributed by atoms with Crippen molar-refractivity contribution in [2.24, 2.45) is 5.92 Å². The molecule has 1 aliphatic carbocycles. The zero-order valence-electron chi connectivity index (χ0n) is 13.5. The van der Waals surface area contributed by atoms with Gasteiger partial charge in [0, 0.05) is 4.88 Å². The summed E-state index contributed by atoms with van der Waals surface area (Å²) < 4.78 is 5.52. The molecule has 0 fully saturated rings. The standard InChI is InChI=1S/C17H20N2O3S/c1-9-11(3)23-16-13(9)15(20)18-14(19-16)10(2)22-17(21)12-7-5-4-6-8-12/h4-5,10,12H,6-8H2,1-3H3,(H,18,19,20)/t10-,12+/m1/s1. The van der Waals surface area contributed by atoms with Crippen molar-refractivity contribution in [1.82, 2.24) is 9.97 Å². The molecule has 2 aromatic rings. The SMILES string of the molecule is Cc1sc2nc([C@@H](C)OC(=O)[C@H]3CC=CCC3)[nH]c(=O)c2c1C. The number of H-pyrrole nitrogens is 1. The maximum atomic E-state index is 12.3. The highest BCUT2D eigenvalue weighted by Gasteiger charge is 2.24. The fourth-order valence-electron chi connectivity index (χ4n) is 2.80. The molecule has 2 atom stereocenters. The van der Waals surface area contributed by atoms with E-state index in [9.17, 15) is 9.59 Å². The van der Waals surface area contributed by atoms with E-state index in [2.05, 4.69) is 16.0 Å². The summed E-state index contributed by atoms with van der Waals surface area (Å²) in [6.45, 7) is 5.64. The summed E-state index contributed by atoms with van der Waals surface area (Å²) in [6, 6.07) is 0. The average molecular weight is 332 g/mol. The number of fused-ring (bicyclic) bond motifs is 1. The summed E-state index contributed by atoms with van der Waals surface area (Å²) in [6.07, 6.45) is 5.98. The number of ether oxygens (including phenoxy) is 1. The lowest BCUT2D eigenvalue weighted by molar-refractivity contribution is -0.154. The summed E-state index contributed by atoms with van der Waals surface area (Å²) in [5.74, 6) is 0.0933. The van der Waals surface area contributed by atoms with E-state index in [0.717, 1.165) is 29.7 Å². The fraction of sp³-hybridized carbons (Fsp3) is 0.471. The van der Waals surface area contributed by atoms with Crippen LogP contribution in [0, 0.1) is 19.8 Å². The normalized spacial score (nSPS) is 19.0. The summed E-state index contributed by atoms with van der Waals surface area (Å²) in [5.41, 5.74) is 0.791. The Kier molecular flexibility index (Phi) is 4.35. The third-order valence-corrected chi connectivity index (χ3v) is 5.44. The van der Waals surface area contributed by atoms with Crippen LogP contribution in [-0.2, 0) is 9.53 Å². The number of carbonyl (C=O) groups excluding carboxylic acids is 1. The number of allylic oxidation sites excluding steroid dienone is 2. The van der Waals surface area contributed by atoms with Gasteiger partial charge >= 0.3 is 5.97 Å². The molecule has 122 valence electrons. The average Bonchev–Trinajstić information content (AvgIpc) is 2.83. The second kappa shape index (κ2) is 6.28. The van der Waals surface area contributed by atoms with Crippen LogP contribution in [0.2, 0.25) is 0 Å². The second-order valence-electron chi connectivity index (χ2n) is 5.98. The molecule has 0 bridgehead atoms. The number of esters is 1. The Bertz CT molecular complexity index is 834. The van der Waals surface area contributed by atoms with Crippen LogP contribution in [0.25, 0.3) is 10.2 Å². The molecule has 1 N–H and O–H groups in total. The molecule has 0 radical (unpaired) electrons. The highest BCUT2D eigenvalue weighted by Crippen LogP contribution is 2.27. The van der Waals surface area contributed by atoms with Gasteiger partial charge in [-0.1, -0.05) is 12.2 Å². The maximum Gasteiger partial charge on any atom is 0.309 e. The van der Waals surface area contributed by atoms with Crippen molar-refractivity contribution >= 4 is 27.5 Å². The lowest BCUT2D eigenvalue weighted by Crippen LogP contribution is -2.22. The minimum absolute atomic E-state index is 0.0934. The lowest BCUT2D eigenvalue weighted by Gasteiger charge is -2.19. The lowest BCUT2D eigenvalue weighted by atomic mass is 9.95. The number of thiophene rings is 1. The Morgan fingerprint density at radius 3 is 2.91 bits per heavy atom. The van der Waals surface area contributed by atoms with Gasteiger partial charge in [0.2, 0.25) is 0 Å². The predicted octanol–water partition coefficient (Wildman–Crippen LogP) is 3.56. The molecule has 2 heterocycles. The Morgan fingerprint density at radius 2 is 2.22 bits per heavy atom. The molecular formula is C17H20N2O3S. The minimum atomic E-state index is -0.562. The van der Waals surface area contributed by atoms with Gasteiger partial charge in [-0.05, 0) is 45.6 Å². The van der Waals surface area contributed by atoms with Gasteiger partial charge in [0.05, 0.1) is 11.3 Å². The van der Waals surface area contributed by atoms with Gasteiger partial charge in [0.15, 0.2) is 11.9 Å². The first-order valence-corrected chi connectivity index (χ1v) is 8.64. The molecular weight excluding hydrogens is 312 g/mol. The Morgan fingerprint density at radius 1 is 1.43 bits per heavy atom. The highest BCUT2D eigenvalue weighted by molar-refractivity contribution is 7.18. The topological polar surface area (TPSA) is 72.0 Å². The highest BCUT2D eigenvalue weighted by atomic mass is 32.1. The number of carbonyl (C=O) groups is 1. The van der Waals surface area contributed by atoms with Crippen LogP contribution in [0.15, 0.2) is 16.9 Å². The van der Waals surface area contributed by atoms with Crippen LogP contribution >= 0.6 is 11.3 Å². The second-order valence-corrected chi connectivity index (χ2v) is 7.18. The molecule has 3 rings (SSSR count). The van der Waals surface area contributed by atoms with E-state index in [4.69, 9.17) is 4.74 Å². The number of aromatic amines is 1. The van der Waals surface area contributed by atoms with Crippen molar-refractivity contribution in [3.05, 3.63) is 38.8 Å². The summed E-state index contributed by atoms with van der Waals surface area (Å²) in [5, 5.41) is 0.632. The fourth-order valence-corrected chi connectivity index (χ4v) is 3.83. The van der Waals surface area contributed by atoms with Gasteiger partial charge in [0.1, 0.15) is 4.83 Å². The predicted molar refractivity (Wildman–Crippen MR) is 90.7 cm³/mol. The van der Waals surface area contributed by atoms with E-state index in [0.29, 0.717) is 16.0 Å². The summed E-state index contributed by atoms with van der Waals surface area (Å²) in [7, 11) is 0. The van der Waals surface area contributed by atoms with Crippen LogP contribution in [0.1, 0.15) is 48.6 Å². The molecule has 0 aromatic carbocycles. The number of rotatable bonds is 3. The number of hydrogen-bond donors (Lipinski definition) is 1. The van der Waals surface area contributed by atoms with Gasteiger partial charge in [-0.15, -0.1) is 11.3 Å². The van der Waals surface area contributed by atoms with E-state index < -0.39 is 6.10 Å². The number of aromatic nitrogens is 2. The molecule has 0 unspecified atom stereocenters. The van der Waals surface area contributed by atoms with Crippen LogP contribution in [0.5, 0.6) is 0 Å². The molecule has 23 heavy (non-hydrogen) atoms. The first kappa shape index (κ1) is 15.9. The van der Waals surface area contributed by atoms with Gasteiger partial charge in [0.25, 0.3) is 5.56 Å². The first-order chi connectivity index (χ1) is 11.0. The van der Waals surface area contributed by atoms with E-state index in [-0.39, 0.29) is 17.4 Å². The minimum Gasteiger partial charge on any atom is -0.454 e. The Labute approximate surface area is 138 Å². The maximum absolute atomic E-state index is 12.3. The molecule has 0 aliphatic heterocycles. The van der Waals surface area contributed by atoms with Crippen LogP contribution < -0.4 is 5.56 Å². The third kappa shape index (κ3) is 3.08. The van der Waals surface area contributed by atoms with Crippen molar-refractivity contribution in [3.63, 3.8) is 0 Å². The van der Waals surface area contributed by atoms with Crippen LogP contribution in [-0.4, -0.2) is 15.9 Å². The van der Waals surface area contributed by atoms with Crippen molar-refractivity contribution in [2.45, 2.75) is 46.1 Å². The zero-order chi connectivity index (χ0) is 16.6. The van der Waals surface area contributed by atoms with Gasteiger partial charge in [-0.2, -0.15) is 0 Å². The van der Waals surface area contributed by atoms with Gasteiger partial charge < -0.3 is 9.72 Å². The molecule has 0 spiro atoms. The molecule has 5 nitrogen and oxygen atoms in total. The monoisotopic (exact) mass is 332 g/mol. The van der Waals surface area contributed by atoms with Crippen molar-refractivity contribution in [2.75, 3.05) is 0 Å². The number of nitrogens with one attached hydrogen (secondary N) is 1. The molecule has 2 aromatic heterocycles. The van der Waals surface area contributed by atoms with E-state index in [1.165, 1.54) is 11.3 Å². The largest absolute Gasteiger partial charge is 0.454 e. The van der Waals surface area contributed by atoms with Crippen LogP contribution in [0.4, 0.5) is 0 Å². The molecule has 0 saturated heterocycles. The third-order valence-electron chi connectivity index (χ3n) is 4.34. The number of aryl methyl sites for hydroxylation is 2. The number of hydrogen-bond acceptors (Lipinski definition) is 5. The van der Waals surface area contributed by atoms with Crippen molar-refractivity contribution < 1.29 is 9.53 Å². The molecule has 6 heteroatoms. The van der Waals surface area contributed by atoms with E-state index in [1.807, 2.05) is 19.9 Å².